The van der Waals surface area contributed by atoms with Gasteiger partial charge in [-0.1, -0.05) is 250 Å². The zero-order chi connectivity index (χ0) is 34.5. The van der Waals surface area contributed by atoms with Crippen LogP contribution in [0.25, 0.3) is 0 Å². The second kappa shape index (κ2) is 46.5. The van der Waals surface area contributed by atoms with Crippen LogP contribution in [0.4, 0.5) is 0 Å². The van der Waals surface area contributed by atoms with E-state index in [2.05, 4.69) is 44.6 Å². The quantitative estimate of drug-likeness (QED) is 0.0448. The van der Waals surface area contributed by atoms with Gasteiger partial charge in [-0.2, -0.15) is 0 Å². The maximum atomic E-state index is 2.60. The fourth-order valence-corrected chi connectivity index (χ4v) is 7.16. The highest BCUT2D eigenvalue weighted by molar-refractivity contribution is 4.82. The van der Waals surface area contributed by atoms with Crippen LogP contribution in [0.5, 0.6) is 0 Å². The molecule has 0 aliphatic carbocycles. The summed E-state index contributed by atoms with van der Waals surface area (Å²) < 4.78 is 0. The van der Waals surface area contributed by atoms with Crippen molar-refractivity contribution in [3.8, 4) is 0 Å². The summed E-state index contributed by atoms with van der Waals surface area (Å²) in [6.45, 7) is 4.60. The minimum absolute atomic E-state index is 1.31. The third kappa shape index (κ3) is 45.5. The van der Waals surface area contributed by atoms with E-state index in [1.165, 1.54) is 263 Å². The van der Waals surface area contributed by atoms with E-state index in [9.17, 15) is 0 Å². The largest absolute Gasteiger partial charge is 0.0885 e. The zero-order valence-corrected chi connectivity index (χ0v) is 33.9. The highest BCUT2D eigenvalue weighted by Crippen LogP contribution is 2.16. The molecule has 0 N–H and O–H groups in total. The lowest BCUT2D eigenvalue weighted by Crippen LogP contribution is -1.85. The van der Waals surface area contributed by atoms with Gasteiger partial charge in [0.15, 0.2) is 0 Å². The van der Waals surface area contributed by atoms with Crippen molar-refractivity contribution in [2.45, 2.75) is 277 Å². The predicted octanol–water partition coefficient (Wildman–Crippen LogP) is 18.3. The summed E-state index contributed by atoms with van der Waals surface area (Å²) in [5.41, 5.74) is 0. The Kier molecular flexibility index (Phi) is 46.0. The summed E-state index contributed by atoms with van der Waals surface area (Å²) in [6.07, 6.45) is 70.9. The van der Waals surface area contributed by atoms with Crippen molar-refractivity contribution in [3.63, 3.8) is 0 Å². The van der Waals surface area contributed by atoms with Gasteiger partial charge in [0.1, 0.15) is 0 Å². The van der Waals surface area contributed by atoms with Crippen LogP contribution in [-0.4, -0.2) is 0 Å². The van der Waals surface area contributed by atoms with E-state index < -0.39 is 0 Å². The number of rotatable bonds is 43. The van der Waals surface area contributed by atoms with Gasteiger partial charge in [-0.15, -0.1) is 0 Å². The number of unbranched alkanes of at least 4 members (excludes halogenated alkanes) is 39. The summed E-state index contributed by atoms with van der Waals surface area (Å²) in [7, 11) is 0. The highest BCUT2D eigenvalue weighted by atomic mass is 14.0. The van der Waals surface area contributed by atoms with Gasteiger partial charge in [0.05, 0.1) is 0 Å². The molecule has 0 heterocycles. The molecule has 0 aromatic carbocycles. The Morgan fingerprint density at radius 2 is 0.354 bits per heavy atom. The topological polar surface area (TPSA) is 0 Å². The molecule has 0 aliphatic rings. The monoisotopic (exact) mass is 670 g/mol. The normalized spacial score (nSPS) is 12.0. The molecular weight excluding hydrogens is 577 g/mol. The van der Waals surface area contributed by atoms with Crippen molar-refractivity contribution in [2.24, 2.45) is 0 Å². The first-order valence-corrected chi connectivity index (χ1v) is 23.0. The van der Waals surface area contributed by atoms with E-state index in [-0.39, 0.29) is 0 Å². The van der Waals surface area contributed by atoms with Crippen LogP contribution < -0.4 is 0 Å². The van der Waals surface area contributed by atoms with Crippen LogP contribution in [-0.2, 0) is 0 Å². The van der Waals surface area contributed by atoms with Crippen LogP contribution in [0.3, 0.4) is 0 Å². The first kappa shape index (κ1) is 47.5. The molecule has 0 rings (SSSR count). The van der Waals surface area contributed by atoms with Crippen molar-refractivity contribution in [1.29, 1.82) is 0 Å². The molecule has 0 amide bonds. The highest BCUT2D eigenvalue weighted by Gasteiger charge is 1.97. The van der Waals surface area contributed by atoms with Crippen LogP contribution >= 0.6 is 0 Å². The maximum Gasteiger partial charge on any atom is -0.0351 e. The average Bonchev–Trinajstić information content (AvgIpc) is 3.10. The number of hydrogen-bond donors (Lipinski definition) is 0. The molecule has 0 nitrogen and oxygen atoms in total. The lowest BCUT2D eigenvalue weighted by atomic mass is 10.0. The van der Waals surface area contributed by atoms with Gasteiger partial charge in [-0.05, 0) is 57.8 Å². The Morgan fingerprint density at radius 1 is 0.188 bits per heavy atom. The summed E-state index contributed by atoms with van der Waals surface area (Å²) >= 11 is 0. The third-order valence-corrected chi connectivity index (χ3v) is 10.6. The molecule has 0 fully saturated rings. The molecule has 1 radical (unpaired) electrons. The van der Waals surface area contributed by atoms with Gasteiger partial charge in [0, 0.05) is 0 Å². The van der Waals surface area contributed by atoms with Crippen LogP contribution in [0.1, 0.15) is 277 Å². The fraction of sp³-hybridized carbons (Fsp3) is 0.896. The maximum absolute atomic E-state index is 2.60. The molecule has 48 heavy (non-hydrogen) atoms. The van der Waals surface area contributed by atoms with Crippen LogP contribution in [0.2, 0.25) is 0 Å². The molecule has 0 aromatic heterocycles. The van der Waals surface area contributed by atoms with E-state index in [0.29, 0.717) is 0 Å². The van der Waals surface area contributed by atoms with E-state index in [1.807, 2.05) is 0 Å². The Balaban J connectivity index is 3.09. The molecule has 0 aromatic rings. The minimum atomic E-state index is 1.31. The van der Waals surface area contributed by atoms with Gasteiger partial charge in [-0.25, -0.2) is 0 Å². The molecule has 0 atom stereocenters. The van der Waals surface area contributed by atoms with Crippen molar-refractivity contribution in [1.82, 2.24) is 0 Å². The van der Waals surface area contributed by atoms with Crippen molar-refractivity contribution in [2.75, 3.05) is 0 Å². The van der Waals surface area contributed by atoms with Crippen molar-refractivity contribution in [3.05, 3.63) is 30.7 Å². The van der Waals surface area contributed by atoms with Gasteiger partial charge in [-0.3, -0.25) is 0 Å². The summed E-state index contributed by atoms with van der Waals surface area (Å²) in [5, 5.41) is 0. The molecule has 0 saturated heterocycles. The summed E-state index contributed by atoms with van der Waals surface area (Å²) in [4.78, 5) is 0. The van der Waals surface area contributed by atoms with Crippen LogP contribution in [0, 0.1) is 6.42 Å². The molecule has 0 aliphatic heterocycles. The Hall–Kier alpha value is -0.520. The second-order valence-corrected chi connectivity index (χ2v) is 15.6. The van der Waals surface area contributed by atoms with Gasteiger partial charge < -0.3 is 0 Å². The zero-order valence-electron chi connectivity index (χ0n) is 33.9. The summed E-state index contributed by atoms with van der Waals surface area (Å²) in [6, 6.07) is 0. The number of hydrogen-bond acceptors (Lipinski definition) is 0. The van der Waals surface area contributed by atoms with E-state index >= 15 is 0 Å². The minimum Gasteiger partial charge on any atom is -0.0885 e. The van der Waals surface area contributed by atoms with Gasteiger partial charge in [0.2, 0.25) is 0 Å². The molecule has 0 heteroatoms. The SMILES string of the molecule is CCCCCCCCC=CCCCCCCCCCCCCCC[CH]CCCCCCCCCCCCC/C=C\CCCCCCCC. The smallest absolute Gasteiger partial charge is 0.0351 e. The van der Waals surface area contributed by atoms with E-state index in [0.717, 1.165) is 0 Å². The molecule has 0 unspecified atom stereocenters. The number of allylic oxidation sites excluding steroid dienone is 4. The average molecular weight is 670 g/mol. The Labute approximate surface area is 307 Å². The molecule has 0 saturated carbocycles. The fourth-order valence-electron chi connectivity index (χ4n) is 7.16. The first-order valence-electron chi connectivity index (χ1n) is 23.0. The van der Waals surface area contributed by atoms with E-state index in [1.54, 1.807) is 0 Å². The van der Waals surface area contributed by atoms with Crippen molar-refractivity contribution < 1.29 is 0 Å². The molecule has 0 bridgehead atoms. The molecular formula is C48H93. The summed E-state index contributed by atoms with van der Waals surface area (Å²) in [5.74, 6) is 0. The van der Waals surface area contributed by atoms with Gasteiger partial charge >= 0.3 is 0 Å². The lowest BCUT2D eigenvalue weighted by molar-refractivity contribution is 0.536. The lowest BCUT2D eigenvalue weighted by Gasteiger charge is -2.04. The van der Waals surface area contributed by atoms with Crippen molar-refractivity contribution >= 4 is 0 Å². The molecule has 0 spiro atoms. The Morgan fingerprint density at radius 3 is 0.562 bits per heavy atom. The standard InChI is InChI=1S/C48H93/c1-3-5-7-9-11-13-15-17-19-21-23-25-27-29-31-33-35-37-39-41-43-45-47-48-46-44-42-40-38-36-34-32-30-28-26-24-22-20-18-16-14-12-10-8-6-4-2/h17-20,47H,3-16,21-46,48H2,1-2H3/b19-17-,20-18?. The van der Waals surface area contributed by atoms with Crippen LogP contribution in [0.15, 0.2) is 24.3 Å². The van der Waals surface area contributed by atoms with E-state index in [4.69, 9.17) is 0 Å². The molecule has 285 valence electrons. The van der Waals surface area contributed by atoms with Gasteiger partial charge in [0.25, 0.3) is 0 Å². The third-order valence-electron chi connectivity index (χ3n) is 10.6. The Bertz CT molecular complexity index is 533. The predicted molar refractivity (Wildman–Crippen MR) is 223 cm³/mol. The first-order chi connectivity index (χ1) is 23.9. The second-order valence-electron chi connectivity index (χ2n) is 15.6.